The number of hydrogen-bond donors (Lipinski definition) is 0. The van der Waals surface area contributed by atoms with Crippen molar-refractivity contribution in [2.45, 2.75) is 13.5 Å². The number of aromatic nitrogens is 1. The van der Waals surface area contributed by atoms with Crippen molar-refractivity contribution in [1.82, 2.24) is 4.98 Å². The number of carbonyl (C=O) groups excluding carboxylic acids is 1. The Kier molecular flexibility index (Phi) is 2.71. The third-order valence-electron chi connectivity index (χ3n) is 3.20. The second kappa shape index (κ2) is 4.39. The fourth-order valence-electron chi connectivity index (χ4n) is 2.25. The molecule has 0 spiro atoms. The number of carbonyl (C=O) groups is 1. The van der Waals surface area contributed by atoms with Crippen LogP contribution in [-0.4, -0.2) is 18.1 Å². The number of esters is 1. The summed E-state index contributed by atoms with van der Waals surface area (Å²) in [5.41, 5.74) is 4.57. The maximum atomic E-state index is 11.5. The smallest absolute Gasteiger partial charge is 0.337 e. The minimum atomic E-state index is -0.334. The van der Waals surface area contributed by atoms with Crippen LogP contribution in [0.3, 0.4) is 0 Å². The molecular weight excluding hydrogens is 242 g/mol. The van der Waals surface area contributed by atoms with Crippen molar-refractivity contribution in [3.8, 4) is 16.9 Å². The molecule has 1 aliphatic heterocycles. The molecule has 0 bridgehead atoms. The predicted octanol–water partition coefficient (Wildman–Crippen LogP) is 2.74. The first-order valence-electron chi connectivity index (χ1n) is 6.00. The van der Waals surface area contributed by atoms with E-state index >= 15 is 0 Å². The Morgan fingerprint density at radius 2 is 2.16 bits per heavy atom. The van der Waals surface area contributed by atoms with Crippen LogP contribution >= 0.6 is 0 Å². The number of benzene rings is 1. The van der Waals surface area contributed by atoms with Crippen LogP contribution in [0.2, 0.25) is 0 Å². The van der Waals surface area contributed by atoms with Crippen LogP contribution in [0.15, 0.2) is 30.5 Å². The maximum absolute atomic E-state index is 11.5. The van der Waals surface area contributed by atoms with Crippen LogP contribution in [0.4, 0.5) is 0 Å². The van der Waals surface area contributed by atoms with Crippen molar-refractivity contribution in [2.24, 2.45) is 0 Å². The van der Waals surface area contributed by atoms with E-state index in [0.717, 1.165) is 28.1 Å². The zero-order chi connectivity index (χ0) is 13.4. The van der Waals surface area contributed by atoms with E-state index in [-0.39, 0.29) is 5.97 Å². The van der Waals surface area contributed by atoms with E-state index in [4.69, 9.17) is 9.47 Å². The van der Waals surface area contributed by atoms with E-state index in [1.165, 1.54) is 7.11 Å². The average Bonchev–Trinajstić information content (AvgIpc) is 2.45. The molecule has 2 aromatic rings. The fraction of sp³-hybridized carbons (Fsp3) is 0.200. The molecule has 0 fully saturated rings. The predicted molar refractivity (Wildman–Crippen MR) is 70.1 cm³/mol. The highest BCUT2D eigenvalue weighted by molar-refractivity contribution is 5.91. The second-order valence-electron chi connectivity index (χ2n) is 4.47. The Morgan fingerprint density at radius 1 is 1.32 bits per heavy atom. The summed E-state index contributed by atoms with van der Waals surface area (Å²) in [5, 5.41) is 0. The Balaban J connectivity index is 2.12. The summed E-state index contributed by atoms with van der Waals surface area (Å²) in [6.45, 7) is 2.38. The van der Waals surface area contributed by atoms with E-state index < -0.39 is 0 Å². The molecule has 2 heterocycles. The topological polar surface area (TPSA) is 48.4 Å². The largest absolute Gasteiger partial charge is 0.487 e. The Bertz CT molecular complexity index is 664. The van der Waals surface area contributed by atoms with Gasteiger partial charge in [-0.15, -0.1) is 0 Å². The van der Waals surface area contributed by atoms with Crippen LogP contribution in [0.25, 0.3) is 11.1 Å². The maximum Gasteiger partial charge on any atom is 0.337 e. The van der Waals surface area contributed by atoms with Crippen LogP contribution < -0.4 is 4.74 Å². The monoisotopic (exact) mass is 255 g/mol. The van der Waals surface area contributed by atoms with Gasteiger partial charge in [-0.05, 0) is 36.2 Å². The molecule has 1 aliphatic rings. The van der Waals surface area contributed by atoms with Crippen molar-refractivity contribution in [3.05, 3.63) is 47.3 Å². The molecule has 1 aromatic heterocycles. The highest BCUT2D eigenvalue weighted by atomic mass is 16.5. The number of fused-ring (bicyclic) bond motifs is 3. The number of aryl methyl sites for hydroxylation is 1. The van der Waals surface area contributed by atoms with Crippen molar-refractivity contribution in [1.29, 1.82) is 0 Å². The highest BCUT2D eigenvalue weighted by Gasteiger charge is 2.19. The number of methoxy groups -OCH3 is 1. The summed E-state index contributed by atoms with van der Waals surface area (Å²) in [4.78, 5) is 15.8. The lowest BCUT2D eigenvalue weighted by Crippen LogP contribution is -2.09. The minimum absolute atomic E-state index is 0.334. The Morgan fingerprint density at radius 3 is 2.95 bits per heavy atom. The van der Waals surface area contributed by atoms with E-state index in [2.05, 4.69) is 4.98 Å². The van der Waals surface area contributed by atoms with Crippen molar-refractivity contribution >= 4 is 5.97 Å². The summed E-state index contributed by atoms with van der Waals surface area (Å²) in [7, 11) is 1.38. The molecule has 1 aromatic carbocycles. The van der Waals surface area contributed by atoms with Crippen molar-refractivity contribution in [2.75, 3.05) is 7.11 Å². The lowest BCUT2D eigenvalue weighted by atomic mass is 9.95. The molecule has 96 valence electrons. The molecule has 0 unspecified atom stereocenters. The van der Waals surface area contributed by atoms with Gasteiger partial charge in [0.05, 0.1) is 18.9 Å². The van der Waals surface area contributed by atoms with Gasteiger partial charge in [-0.1, -0.05) is 6.07 Å². The Labute approximate surface area is 111 Å². The number of hydrogen-bond acceptors (Lipinski definition) is 4. The van der Waals surface area contributed by atoms with Gasteiger partial charge >= 0.3 is 5.97 Å². The zero-order valence-electron chi connectivity index (χ0n) is 10.8. The van der Waals surface area contributed by atoms with Gasteiger partial charge < -0.3 is 9.47 Å². The number of nitrogens with zero attached hydrogens (tertiary/aromatic N) is 1. The molecule has 0 atom stereocenters. The SMILES string of the molecule is COC(=O)c1ccc2c(c1)COc1cnc(C)cc1-2. The summed E-state index contributed by atoms with van der Waals surface area (Å²) in [5.74, 6) is 0.448. The normalized spacial score (nSPS) is 12.1. The van der Waals surface area contributed by atoms with Gasteiger partial charge in [0.25, 0.3) is 0 Å². The molecule has 19 heavy (non-hydrogen) atoms. The first kappa shape index (κ1) is 11.7. The van der Waals surface area contributed by atoms with E-state index in [9.17, 15) is 4.79 Å². The number of pyridine rings is 1. The first-order valence-corrected chi connectivity index (χ1v) is 6.00. The minimum Gasteiger partial charge on any atom is -0.487 e. The second-order valence-corrected chi connectivity index (χ2v) is 4.47. The standard InChI is InChI=1S/C15H13NO3/c1-9-5-13-12-4-3-10(15(17)18-2)6-11(12)8-19-14(13)7-16-9/h3-7H,8H2,1-2H3. The molecule has 0 N–H and O–H groups in total. The molecule has 4 nitrogen and oxygen atoms in total. The third-order valence-corrected chi connectivity index (χ3v) is 3.20. The summed E-state index contributed by atoms with van der Waals surface area (Å²) in [6, 6.07) is 7.52. The van der Waals surface area contributed by atoms with Gasteiger partial charge in [-0.3, -0.25) is 4.98 Å². The van der Waals surface area contributed by atoms with Gasteiger partial charge in [0.15, 0.2) is 0 Å². The quantitative estimate of drug-likeness (QED) is 0.735. The van der Waals surface area contributed by atoms with Gasteiger partial charge in [-0.25, -0.2) is 4.79 Å². The van der Waals surface area contributed by atoms with Gasteiger partial charge in [-0.2, -0.15) is 0 Å². The average molecular weight is 255 g/mol. The Hall–Kier alpha value is -2.36. The summed E-state index contributed by atoms with van der Waals surface area (Å²) < 4.78 is 10.4. The van der Waals surface area contributed by atoms with Gasteiger partial charge in [0.1, 0.15) is 12.4 Å². The van der Waals surface area contributed by atoms with E-state index in [1.807, 2.05) is 25.1 Å². The van der Waals surface area contributed by atoms with E-state index in [1.54, 1.807) is 12.3 Å². The summed E-state index contributed by atoms with van der Waals surface area (Å²) >= 11 is 0. The molecule has 4 heteroatoms. The zero-order valence-corrected chi connectivity index (χ0v) is 10.8. The molecule has 0 radical (unpaired) electrons. The van der Waals surface area contributed by atoms with Gasteiger partial charge in [0.2, 0.25) is 0 Å². The van der Waals surface area contributed by atoms with Crippen LogP contribution in [0, 0.1) is 6.92 Å². The molecule has 0 saturated carbocycles. The lowest BCUT2D eigenvalue weighted by molar-refractivity contribution is 0.0600. The third kappa shape index (κ3) is 1.95. The molecular formula is C15H13NO3. The van der Waals surface area contributed by atoms with Crippen LogP contribution in [-0.2, 0) is 11.3 Å². The fourth-order valence-corrected chi connectivity index (χ4v) is 2.25. The first-order chi connectivity index (χ1) is 9.19. The molecule has 0 aliphatic carbocycles. The number of ether oxygens (including phenoxy) is 2. The van der Waals surface area contributed by atoms with E-state index in [0.29, 0.717) is 12.2 Å². The number of rotatable bonds is 1. The summed E-state index contributed by atoms with van der Waals surface area (Å²) in [6.07, 6.45) is 1.74. The van der Waals surface area contributed by atoms with Crippen LogP contribution in [0.1, 0.15) is 21.6 Å². The lowest BCUT2D eigenvalue weighted by Gasteiger charge is -2.21. The van der Waals surface area contributed by atoms with Crippen molar-refractivity contribution < 1.29 is 14.3 Å². The molecule has 0 amide bonds. The molecule has 3 rings (SSSR count). The highest BCUT2D eigenvalue weighted by Crippen LogP contribution is 2.37. The van der Waals surface area contributed by atoms with Crippen LogP contribution in [0.5, 0.6) is 5.75 Å². The van der Waals surface area contributed by atoms with Gasteiger partial charge in [0, 0.05) is 11.3 Å². The molecule has 0 saturated heterocycles. The van der Waals surface area contributed by atoms with Crippen molar-refractivity contribution in [3.63, 3.8) is 0 Å².